The summed E-state index contributed by atoms with van der Waals surface area (Å²) in [5, 5.41) is 0. The molecule has 0 spiro atoms. The van der Waals surface area contributed by atoms with Crippen LogP contribution < -0.4 is 20.1 Å². The van der Waals surface area contributed by atoms with Crippen molar-refractivity contribution in [3.63, 3.8) is 0 Å². The van der Waals surface area contributed by atoms with Crippen molar-refractivity contribution in [2.24, 2.45) is 5.73 Å². The molecule has 1 heterocycles. The highest BCUT2D eigenvalue weighted by Gasteiger charge is 2.10. The van der Waals surface area contributed by atoms with Crippen LogP contribution >= 0.6 is 0 Å². The fourth-order valence-electron chi connectivity index (χ4n) is 1.93. The van der Waals surface area contributed by atoms with Crippen LogP contribution in [0.4, 0.5) is 5.95 Å². The molecule has 0 fully saturated rings. The highest BCUT2D eigenvalue weighted by molar-refractivity contribution is 5.65. The van der Waals surface area contributed by atoms with E-state index in [2.05, 4.69) is 9.97 Å². The Balaban J connectivity index is 2.52. The molecular weight excluding hydrogens is 268 g/mol. The quantitative estimate of drug-likeness (QED) is 0.902. The summed E-state index contributed by atoms with van der Waals surface area (Å²) in [6.45, 7) is 0.365. The summed E-state index contributed by atoms with van der Waals surface area (Å²) in [7, 11) is 7.01. The predicted molar refractivity (Wildman–Crippen MR) is 82.8 cm³/mol. The average molecular weight is 288 g/mol. The summed E-state index contributed by atoms with van der Waals surface area (Å²) < 4.78 is 10.6. The molecule has 0 bridgehead atoms. The number of methoxy groups -OCH3 is 2. The van der Waals surface area contributed by atoms with Crippen molar-refractivity contribution in [1.82, 2.24) is 9.97 Å². The van der Waals surface area contributed by atoms with Gasteiger partial charge in [0, 0.05) is 26.2 Å². The first-order valence-electron chi connectivity index (χ1n) is 6.56. The summed E-state index contributed by atoms with van der Waals surface area (Å²) in [6.07, 6.45) is 0. The predicted octanol–water partition coefficient (Wildman–Crippen LogP) is 1.69. The van der Waals surface area contributed by atoms with Crippen molar-refractivity contribution >= 4 is 5.95 Å². The van der Waals surface area contributed by atoms with Crippen LogP contribution in [0.1, 0.15) is 5.69 Å². The van der Waals surface area contributed by atoms with Gasteiger partial charge < -0.3 is 20.1 Å². The largest absolute Gasteiger partial charge is 0.493 e. The molecule has 1 aromatic carbocycles. The molecule has 0 aliphatic carbocycles. The van der Waals surface area contributed by atoms with E-state index in [9.17, 15) is 0 Å². The third kappa shape index (κ3) is 3.22. The Morgan fingerprint density at radius 1 is 1.05 bits per heavy atom. The van der Waals surface area contributed by atoms with Crippen LogP contribution in [0, 0.1) is 0 Å². The maximum absolute atomic E-state index is 5.71. The first-order valence-corrected chi connectivity index (χ1v) is 6.56. The standard InChI is InChI=1S/C15H20N4O2/c1-19(2)15-17-11(9-16)8-12(18-15)10-5-6-13(20-3)14(7-10)21-4/h5-8H,9,16H2,1-4H3. The minimum absolute atomic E-state index is 0.365. The minimum Gasteiger partial charge on any atom is -0.493 e. The lowest BCUT2D eigenvalue weighted by atomic mass is 10.1. The Bertz CT molecular complexity index is 629. The average Bonchev–Trinajstić information content (AvgIpc) is 2.53. The van der Waals surface area contributed by atoms with E-state index in [4.69, 9.17) is 15.2 Å². The number of ether oxygens (including phenoxy) is 2. The zero-order valence-corrected chi connectivity index (χ0v) is 12.8. The van der Waals surface area contributed by atoms with Gasteiger partial charge in [-0.25, -0.2) is 9.97 Å². The molecule has 6 nitrogen and oxygen atoms in total. The molecule has 2 N–H and O–H groups in total. The zero-order valence-electron chi connectivity index (χ0n) is 12.8. The van der Waals surface area contributed by atoms with E-state index < -0.39 is 0 Å². The molecule has 2 aromatic rings. The fraction of sp³-hybridized carbons (Fsp3) is 0.333. The maximum Gasteiger partial charge on any atom is 0.225 e. The number of benzene rings is 1. The Labute approximate surface area is 124 Å². The first kappa shape index (κ1) is 15.1. The van der Waals surface area contributed by atoms with Gasteiger partial charge in [0.2, 0.25) is 5.95 Å². The third-order valence-corrected chi connectivity index (χ3v) is 3.06. The monoisotopic (exact) mass is 288 g/mol. The van der Waals surface area contributed by atoms with E-state index in [0.717, 1.165) is 17.0 Å². The van der Waals surface area contributed by atoms with E-state index in [0.29, 0.717) is 24.0 Å². The Morgan fingerprint density at radius 2 is 1.76 bits per heavy atom. The number of nitrogens with zero attached hydrogens (tertiary/aromatic N) is 3. The van der Waals surface area contributed by atoms with E-state index in [1.165, 1.54) is 0 Å². The topological polar surface area (TPSA) is 73.5 Å². The lowest BCUT2D eigenvalue weighted by Crippen LogP contribution is -2.15. The van der Waals surface area contributed by atoms with Crippen molar-refractivity contribution in [2.75, 3.05) is 33.2 Å². The van der Waals surface area contributed by atoms with Crippen LogP contribution in [0.25, 0.3) is 11.3 Å². The van der Waals surface area contributed by atoms with Crippen LogP contribution in [0.2, 0.25) is 0 Å². The SMILES string of the molecule is COc1ccc(-c2cc(CN)nc(N(C)C)n2)cc1OC. The van der Waals surface area contributed by atoms with Crippen molar-refractivity contribution in [3.8, 4) is 22.8 Å². The zero-order chi connectivity index (χ0) is 15.4. The molecule has 0 aliphatic rings. The summed E-state index contributed by atoms with van der Waals surface area (Å²) in [5.41, 5.74) is 8.23. The molecule has 1 aromatic heterocycles. The second-order valence-corrected chi connectivity index (χ2v) is 4.71. The van der Waals surface area contributed by atoms with Crippen LogP contribution in [-0.2, 0) is 6.54 Å². The first-order chi connectivity index (χ1) is 10.1. The molecule has 0 saturated carbocycles. The molecule has 0 aliphatic heterocycles. The lowest BCUT2D eigenvalue weighted by molar-refractivity contribution is 0.355. The van der Waals surface area contributed by atoms with Gasteiger partial charge in [-0.05, 0) is 24.3 Å². The molecule has 21 heavy (non-hydrogen) atoms. The van der Waals surface area contributed by atoms with Gasteiger partial charge in [0.05, 0.1) is 25.6 Å². The van der Waals surface area contributed by atoms with E-state index in [-0.39, 0.29) is 0 Å². The third-order valence-electron chi connectivity index (χ3n) is 3.06. The van der Waals surface area contributed by atoms with E-state index >= 15 is 0 Å². The van der Waals surface area contributed by atoms with Gasteiger partial charge in [0.25, 0.3) is 0 Å². The van der Waals surface area contributed by atoms with Crippen molar-refractivity contribution in [1.29, 1.82) is 0 Å². The van der Waals surface area contributed by atoms with Gasteiger partial charge in [0.15, 0.2) is 11.5 Å². The Morgan fingerprint density at radius 3 is 2.33 bits per heavy atom. The Hall–Kier alpha value is -2.34. The van der Waals surface area contributed by atoms with Gasteiger partial charge in [-0.2, -0.15) is 0 Å². The molecule has 0 amide bonds. The van der Waals surface area contributed by atoms with Crippen molar-refractivity contribution in [3.05, 3.63) is 30.0 Å². The molecule has 0 saturated heterocycles. The molecule has 2 rings (SSSR count). The summed E-state index contributed by atoms with van der Waals surface area (Å²) in [6, 6.07) is 7.56. The molecule has 0 atom stereocenters. The maximum atomic E-state index is 5.71. The van der Waals surface area contributed by atoms with Crippen molar-refractivity contribution in [2.45, 2.75) is 6.54 Å². The number of nitrogens with two attached hydrogens (primary N) is 1. The molecule has 112 valence electrons. The second-order valence-electron chi connectivity index (χ2n) is 4.71. The molecular formula is C15H20N4O2. The summed E-state index contributed by atoms with van der Waals surface area (Å²) >= 11 is 0. The van der Waals surface area contributed by atoms with Gasteiger partial charge in [-0.3, -0.25) is 0 Å². The number of rotatable bonds is 5. The van der Waals surface area contributed by atoms with Crippen LogP contribution in [0.15, 0.2) is 24.3 Å². The number of hydrogen-bond donors (Lipinski definition) is 1. The summed E-state index contributed by atoms with van der Waals surface area (Å²) in [4.78, 5) is 10.8. The number of hydrogen-bond acceptors (Lipinski definition) is 6. The van der Waals surface area contributed by atoms with Gasteiger partial charge in [-0.15, -0.1) is 0 Å². The molecule has 0 radical (unpaired) electrons. The molecule has 6 heteroatoms. The van der Waals surface area contributed by atoms with Crippen LogP contribution in [-0.4, -0.2) is 38.3 Å². The second kappa shape index (κ2) is 6.41. The van der Waals surface area contributed by atoms with Gasteiger partial charge in [-0.1, -0.05) is 0 Å². The number of aromatic nitrogens is 2. The van der Waals surface area contributed by atoms with Gasteiger partial charge in [0.1, 0.15) is 0 Å². The fourth-order valence-corrected chi connectivity index (χ4v) is 1.93. The van der Waals surface area contributed by atoms with E-state index in [1.807, 2.05) is 43.3 Å². The highest BCUT2D eigenvalue weighted by atomic mass is 16.5. The van der Waals surface area contributed by atoms with Crippen LogP contribution in [0.3, 0.4) is 0 Å². The normalized spacial score (nSPS) is 10.3. The van der Waals surface area contributed by atoms with Gasteiger partial charge >= 0.3 is 0 Å². The highest BCUT2D eigenvalue weighted by Crippen LogP contribution is 2.32. The lowest BCUT2D eigenvalue weighted by Gasteiger charge is -2.14. The Kier molecular flexibility index (Phi) is 4.59. The summed E-state index contributed by atoms with van der Waals surface area (Å²) in [5.74, 6) is 1.97. The minimum atomic E-state index is 0.365. The van der Waals surface area contributed by atoms with Crippen LogP contribution in [0.5, 0.6) is 11.5 Å². The molecule has 0 unspecified atom stereocenters. The van der Waals surface area contributed by atoms with Crippen molar-refractivity contribution < 1.29 is 9.47 Å². The smallest absolute Gasteiger partial charge is 0.225 e. The van der Waals surface area contributed by atoms with E-state index in [1.54, 1.807) is 14.2 Å². The number of anilines is 1.